The van der Waals surface area contributed by atoms with Crippen molar-refractivity contribution in [2.24, 2.45) is 5.92 Å². The van der Waals surface area contributed by atoms with E-state index in [-0.39, 0.29) is 12.1 Å². The van der Waals surface area contributed by atoms with Gasteiger partial charge >= 0.3 is 0 Å². The van der Waals surface area contributed by atoms with Crippen molar-refractivity contribution in [3.8, 4) is 0 Å². The SMILES string of the molecule is CCC1CN(CC(=O)N[C@H](c2ccc(F)cc2)C(F)F)C1. The van der Waals surface area contributed by atoms with Crippen LogP contribution in [0.15, 0.2) is 24.3 Å². The number of hydrogen-bond acceptors (Lipinski definition) is 2. The lowest BCUT2D eigenvalue weighted by atomic mass is 9.97. The van der Waals surface area contributed by atoms with Crippen LogP contribution in [0.25, 0.3) is 0 Å². The van der Waals surface area contributed by atoms with Gasteiger partial charge in [-0.1, -0.05) is 25.5 Å². The van der Waals surface area contributed by atoms with Gasteiger partial charge in [-0.25, -0.2) is 13.2 Å². The summed E-state index contributed by atoms with van der Waals surface area (Å²) < 4.78 is 39.0. The predicted molar refractivity (Wildman–Crippen MR) is 73.5 cm³/mol. The fourth-order valence-electron chi connectivity index (χ4n) is 2.45. The average molecular weight is 300 g/mol. The third-order valence-corrected chi connectivity index (χ3v) is 3.77. The second-order valence-corrected chi connectivity index (χ2v) is 5.40. The van der Waals surface area contributed by atoms with E-state index in [1.807, 2.05) is 4.90 Å². The van der Waals surface area contributed by atoms with E-state index in [4.69, 9.17) is 0 Å². The topological polar surface area (TPSA) is 32.3 Å². The van der Waals surface area contributed by atoms with Crippen LogP contribution in [-0.2, 0) is 4.79 Å². The van der Waals surface area contributed by atoms with E-state index in [2.05, 4.69) is 12.2 Å². The Morgan fingerprint density at radius 2 is 1.95 bits per heavy atom. The molecule has 3 nitrogen and oxygen atoms in total. The van der Waals surface area contributed by atoms with Crippen LogP contribution in [0.4, 0.5) is 13.2 Å². The first kappa shape index (κ1) is 15.8. The summed E-state index contributed by atoms with van der Waals surface area (Å²) in [6.07, 6.45) is -1.67. The van der Waals surface area contributed by atoms with Gasteiger partial charge < -0.3 is 5.32 Å². The molecule has 1 atom stereocenters. The fraction of sp³-hybridized carbons (Fsp3) is 0.533. The fourth-order valence-corrected chi connectivity index (χ4v) is 2.45. The maximum atomic E-state index is 13.1. The van der Waals surface area contributed by atoms with Gasteiger partial charge in [-0.2, -0.15) is 0 Å². The lowest BCUT2D eigenvalue weighted by molar-refractivity contribution is -0.125. The minimum absolute atomic E-state index is 0.126. The Morgan fingerprint density at radius 3 is 2.48 bits per heavy atom. The summed E-state index contributed by atoms with van der Waals surface area (Å²) in [6.45, 7) is 3.88. The summed E-state index contributed by atoms with van der Waals surface area (Å²) >= 11 is 0. The molecule has 1 fully saturated rings. The zero-order valence-corrected chi connectivity index (χ0v) is 11.9. The van der Waals surface area contributed by atoms with E-state index in [1.54, 1.807) is 0 Å². The highest BCUT2D eigenvalue weighted by Crippen LogP contribution is 2.22. The molecule has 1 aliphatic rings. The van der Waals surface area contributed by atoms with Gasteiger partial charge in [-0.05, 0) is 23.6 Å². The highest BCUT2D eigenvalue weighted by atomic mass is 19.3. The van der Waals surface area contributed by atoms with Crippen LogP contribution in [0.3, 0.4) is 0 Å². The first-order valence-electron chi connectivity index (χ1n) is 7.05. The molecule has 6 heteroatoms. The van der Waals surface area contributed by atoms with Crippen molar-refractivity contribution < 1.29 is 18.0 Å². The number of rotatable bonds is 6. The van der Waals surface area contributed by atoms with Gasteiger partial charge in [0.1, 0.15) is 11.9 Å². The number of amides is 1. The molecular formula is C15H19F3N2O. The molecule has 1 aromatic carbocycles. The van der Waals surface area contributed by atoms with Crippen molar-refractivity contribution in [3.63, 3.8) is 0 Å². The molecule has 1 aliphatic heterocycles. The number of alkyl halides is 2. The lowest BCUT2D eigenvalue weighted by Gasteiger charge is -2.38. The normalized spacial score (nSPS) is 17.6. The molecule has 1 aromatic rings. The number of hydrogen-bond donors (Lipinski definition) is 1. The van der Waals surface area contributed by atoms with Gasteiger partial charge in [-0.15, -0.1) is 0 Å². The summed E-state index contributed by atoms with van der Waals surface area (Å²) in [5.41, 5.74) is 0.204. The zero-order chi connectivity index (χ0) is 15.4. The second-order valence-electron chi connectivity index (χ2n) is 5.40. The van der Waals surface area contributed by atoms with Gasteiger partial charge in [0.25, 0.3) is 6.43 Å². The summed E-state index contributed by atoms with van der Waals surface area (Å²) in [4.78, 5) is 13.8. The minimum atomic E-state index is -2.74. The molecule has 2 rings (SSSR count). The quantitative estimate of drug-likeness (QED) is 0.876. The average Bonchev–Trinajstić information content (AvgIpc) is 2.40. The van der Waals surface area contributed by atoms with Crippen molar-refractivity contribution in [2.75, 3.05) is 19.6 Å². The molecule has 116 valence electrons. The van der Waals surface area contributed by atoms with Crippen molar-refractivity contribution >= 4 is 5.91 Å². The number of nitrogens with one attached hydrogen (secondary N) is 1. The maximum Gasteiger partial charge on any atom is 0.262 e. The summed E-state index contributed by atoms with van der Waals surface area (Å²) in [5, 5.41) is 2.33. The second kappa shape index (κ2) is 6.93. The molecule has 1 heterocycles. The largest absolute Gasteiger partial charge is 0.342 e. The van der Waals surface area contributed by atoms with E-state index in [0.717, 1.165) is 31.6 Å². The van der Waals surface area contributed by atoms with Crippen LogP contribution < -0.4 is 5.32 Å². The molecule has 0 aliphatic carbocycles. The third kappa shape index (κ3) is 4.20. The van der Waals surface area contributed by atoms with Gasteiger partial charge in [0.2, 0.25) is 5.91 Å². The van der Waals surface area contributed by atoms with E-state index < -0.39 is 24.2 Å². The summed E-state index contributed by atoms with van der Waals surface area (Å²) in [5.74, 6) is -0.329. The highest BCUT2D eigenvalue weighted by Gasteiger charge is 2.29. The number of nitrogens with zero attached hydrogens (tertiary/aromatic N) is 1. The Bertz CT molecular complexity index is 472. The summed E-state index contributed by atoms with van der Waals surface area (Å²) in [6, 6.07) is 3.35. The molecule has 0 saturated carbocycles. The number of carbonyl (C=O) groups is 1. The highest BCUT2D eigenvalue weighted by molar-refractivity contribution is 5.78. The van der Waals surface area contributed by atoms with Crippen LogP contribution in [0.1, 0.15) is 24.9 Å². The van der Waals surface area contributed by atoms with Gasteiger partial charge in [0.05, 0.1) is 6.54 Å². The standard InChI is InChI=1S/C15H19F3N2O/c1-2-10-7-20(8-10)9-13(21)19-14(15(17)18)11-3-5-12(16)6-4-11/h3-6,10,14-15H,2,7-9H2,1H3,(H,19,21)/t14-/m1/s1. The molecule has 21 heavy (non-hydrogen) atoms. The van der Waals surface area contributed by atoms with Crippen LogP contribution in [0.2, 0.25) is 0 Å². The first-order valence-corrected chi connectivity index (χ1v) is 7.05. The molecule has 1 amide bonds. The predicted octanol–water partition coefficient (Wildman–Crippen LogP) is 2.59. The van der Waals surface area contributed by atoms with E-state index >= 15 is 0 Å². The van der Waals surface area contributed by atoms with Crippen molar-refractivity contribution in [2.45, 2.75) is 25.8 Å². The Kier molecular flexibility index (Phi) is 5.22. The number of halogens is 3. The molecule has 0 unspecified atom stereocenters. The number of likely N-dealkylation sites (tertiary alicyclic amines) is 1. The number of carbonyl (C=O) groups excluding carboxylic acids is 1. The Balaban J connectivity index is 1.90. The molecule has 0 bridgehead atoms. The monoisotopic (exact) mass is 300 g/mol. The van der Waals surface area contributed by atoms with Gasteiger partial charge in [0.15, 0.2) is 0 Å². The lowest BCUT2D eigenvalue weighted by Crippen LogP contribution is -2.51. The van der Waals surface area contributed by atoms with E-state index in [1.165, 1.54) is 12.1 Å². The molecule has 1 N–H and O–H groups in total. The molecular weight excluding hydrogens is 281 g/mol. The molecule has 0 radical (unpaired) electrons. The van der Waals surface area contributed by atoms with Crippen LogP contribution in [0.5, 0.6) is 0 Å². The third-order valence-electron chi connectivity index (χ3n) is 3.77. The zero-order valence-electron chi connectivity index (χ0n) is 11.9. The molecule has 1 saturated heterocycles. The van der Waals surface area contributed by atoms with Crippen LogP contribution >= 0.6 is 0 Å². The van der Waals surface area contributed by atoms with Gasteiger partial charge in [0, 0.05) is 13.1 Å². The van der Waals surface area contributed by atoms with E-state index in [0.29, 0.717) is 5.92 Å². The Hall–Kier alpha value is -1.56. The van der Waals surface area contributed by atoms with Crippen molar-refractivity contribution in [1.29, 1.82) is 0 Å². The smallest absolute Gasteiger partial charge is 0.262 e. The molecule has 0 spiro atoms. The van der Waals surface area contributed by atoms with Crippen LogP contribution in [-0.4, -0.2) is 36.9 Å². The van der Waals surface area contributed by atoms with Crippen molar-refractivity contribution in [3.05, 3.63) is 35.6 Å². The summed E-state index contributed by atoms with van der Waals surface area (Å²) in [7, 11) is 0. The Morgan fingerprint density at radius 1 is 1.33 bits per heavy atom. The van der Waals surface area contributed by atoms with E-state index in [9.17, 15) is 18.0 Å². The van der Waals surface area contributed by atoms with Gasteiger partial charge in [-0.3, -0.25) is 9.69 Å². The number of benzene rings is 1. The Labute approximate surface area is 122 Å². The minimum Gasteiger partial charge on any atom is -0.342 e. The van der Waals surface area contributed by atoms with Crippen molar-refractivity contribution in [1.82, 2.24) is 10.2 Å². The molecule has 0 aromatic heterocycles. The maximum absolute atomic E-state index is 13.1. The van der Waals surface area contributed by atoms with Crippen LogP contribution in [0, 0.1) is 11.7 Å². The first-order chi connectivity index (χ1) is 9.99.